The number of anilines is 1. The molecule has 0 spiro atoms. The molecule has 2 amide bonds. The van der Waals surface area contributed by atoms with Crippen molar-refractivity contribution in [2.75, 3.05) is 18.6 Å². The number of rotatable bonds is 5. The predicted octanol–water partition coefficient (Wildman–Crippen LogP) is 4.39. The molecule has 1 heterocycles. The third kappa shape index (κ3) is 4.16. The monoisotopic (exact) mass is 462 g/mol. The van der Waals surface area contributed by atoms with Crippen molar-refractivity contribution in [3.8, 4) is 5.75 Å². The van der Waals surface area contributed by atoms with Crippen LogP contribution in [0.5, 0.6) is 5.75 Å². The van der Waals surface area contributed by atoms with Gasteiger partial charge in [0.1, 0.15) is 5.75 Å². The molecule has 1 N–H and O–H groups in total. The Bertz CT molecular complexity index is 1290. The summed E-state index contributed by atoms with van der Waals surface area (Å²) in [5.74, 6) is 0.287. The fourth-order valence-corrected chi connectivity index (χ4v) is 5.36. The van der Waals surface area contributed by atoms with E-state index in [-0.39, 0.29) is 11.8 Å². The van der Waals surface area contributed by atoms with Gasteiger partial charge in [-0.2, -0.15) is 0 Å². The van der Waals surface area contributed by atoms with Crippen molar-refractivity contribution < 1.29 is 18.5 Å². The Morgan fingerprint density at radius 1 is 1.06 bits per heavy atom. The second-order valence-electron chi connectivity index (χ2n) is 7.92. The number of carbonyl (C=O) groups excluding carboxylic acids is 2. The number of methoxy groups -OCH3 is 1. The van der Waals surface area contributed by atoms with E-state index in [1.165, 1.54) is 0 Å². The van der Waals surface area contributed by atoms with Crippen molar-refractivity contribution in [1.82, 2.24) is 5.32 Å². The van der Waals surface area contributed by atoms with Crippen LogP contribution in [0.3, 0.4) is 0 Å². The minimum atomic E-state index is -1.52. The summed E-state index contributed by atoms with van der Waals surface area (Å²) in [4.78, 5) is 28.7. The normalized spacial score (nSPS) is 14.8. The molecule has 0 aromatic heterocycles. The van der Waals surface area contributed by atoms with Gasteiger partial charge < -0.3 is 15.0 Å². The molecule has 4 rings (SSSR count). The lowest BCUT2D eigenvalue weighted by molar-refractivity contribution is 0.0947. The molecule has 0 saturated carbocycles. The van der Waals surface area contributed by atoms with Crippen molar-refractivity contribution in [2.45, 2.75) is 37.1 Å². The molecule has 1 unspecified atom stereocenters. The van der Waals surface area contributed by atoms with Crippen LogP contribution in [-0.2, 0) is 17.3 Å². The smallest absolute Gasteiger partial charge is 0.259 e. The van der Waals surface area contributed by atoms with Crippen LogP contribution in [0.2, 0.25) is 0 Å². The highest BCUT2D eigenvalue weighted by molar-refractivity contribution is 7.85. The van der Waals surface area contributed by atoms with Crippen molar-refractivity contribution >= 4 is 28.3 Å². The third-order valence-electron chi connectivity index (χ3n) is 5.94. The van der Waals surface area contributed by atoms with Gasteiger partial charge >= 0.3 is 0 Å². The average Bonchev–Trinajstić information content (AvgIpc) is 2.92. The van der Waals surface area contributed by atoms with Gasteiger partial charge in [-0.25, -0.2) is 4.21 Å². The summed E-state index contributed by atoms with van der Waals surface area (Å²) < 4.78 is 18.7. The van der Waals surface area contributed by atoms with Gasteiger partial charge in [-0.3, -0.25) is 9.59 Å². The molecule has 0 bridgehead atoms. The van der Waals surface area contributed by atoms with Gasteiger partial charge in [-0.1, -0.05) is 18.2 Å². The van der Waals surface area contributed by atoms with E-state index in [1.54, 1.807) is 54.5 Å². The Morgan fingerprint density at radius 3 is 2.55 bits per heavy atom. The second-order valence-corrected chi connectivity index (χ2v) is 9.34. The number of hydrogen-bond acceptors (Lipinski definition) is 4. The molecular formula is C26H26N2O4S. The van der Waals surface area contributed by atoms with Gasteiger partial charge in [-0.05, 0) is 73.9 Å². The molecule has 0 aliphatic carbocycles. The van der Waals surface area contributed by atoms with Crippen molar-refractivity contribution in [2.24, 2.45) is 0 Å². The fourth-order valence-electron chi connectivity index (χ4n) is 4.02. The molecule has 33 heavy (non-hydrogen) atoms. The van der Waals surface area contributed by atoms with Crippen LogP contribution in [-0.4, -0.2) is 29.7 Å². The van der Waals surface area contributed by atoms with Gasteiger partial charge in [0.05, 0.1) is 39.0 Å². The highest BCUT2D eigenvalue weighted by Gasteiger charge is 2.30. The molecule has 3 aromatic rings. The number of carbonyl (C=O) groups is 2. The molecular weight excluding hydrogens is 436 g/mol. The lowest BCUT2D eigenvalue weighted by atomic mass is 10.0. The Kier molecular flexibility index (Phi) is 6.33. The van der Waals surface area contributed by atoms with E-state index in [4.69, 9.17) is 4.74 Å². The molecule has 1 aliphatic heterocycles. The maximum Gasteiger partial charge on any atom is 0.259 e. The Balaban J connectivity index is 1.64. The van der Waals surface area contributed by atoms with E-state index in [9.17, 15) is 13.8 Å². The SMILES string of the molecule is CCN1C(=O)c2ccccc2S(=O)c2ccc(C(=O)NCc3cc(C)c(C)c(OC)c3)cc21. The molecule has 1 atom stereocenters. The zero-order valence-electron chi connectivity index (χ0n) is 19.1. The topological polar surface area (TPSA) is 75.7 Å². The number of benzene rings is 3. The molecule has 1 aliphatic rings. The number of fused-ring (bicyclic) bond motifs is 2. The zero-order valence-corrected chi connectivity index (χ0v) is 19.9. The Morgan fingerprint density at radius 2 is 1.82 bits per heavy atom. The molecule has 3 aromatic carbocycles. The standard InChI is InChI=1S/C26H26N2O4S/c1-5-28-21-14-19(25(29)27-15-18-12-16(2)17(3)22(13-18)32-4)10-11-24(21)33(31)23-9-7-6-8-20(23)26(28)30/h6-14H,5,15H2,1-4H3,(H,27,29). The van der Waals surface area contributed by atoms with Crippen LogP contribution in [0, 0.1) is 13.8 Å². The molecule has 7 heteroatoms. The van der Waals surface area contributed by atoms with Crippen LogP contribution < -0.4 is 15.0 Å². The van der Waals surface area contributed by atoms with E-state index >= 15 is 0 Å². The minimum Gasteiger partial charge on any atom is -0.496 e. The number of hydrogen-bond donors (Lipinski definition) is 1. The summed E-state index contributed by atoms with van der Waals surface area (Å²) in [6.45, 7) is 6.59. The third-order valence-corrected chi connectivity index (χ3v) is 7.44. The first kappa shape index (κ1) is 22.7. The van der Waals surface area contributed by atoms with Gasteiger partial charge in [0.2, 0.25) is 0 Å². The highest BCUT2D eigenvalue weighted by atomic mass is 32.2. The van der Waals surface area contributed by atoms with Gasteiger partial charge in [0, 0.05) is 18.7 Å². The predicted molar refractivity (Wildman–Crippen MR) is 129 cm³/mol. The van der Waals surface area contributed by atoms with Crippen LogP contribution in [0.4, 0.5) is 5.69 Å². The molecule has 170 valence electrons. The fraction of sp³-hybridized carbons (Fsp3) is 0.231. The summed E-state index contributed by atoms with van der Waals surface area (Å²) in [5, 5.41) is 2.93. The second kappa shape index (κ2) is 9.19. The van der Waals surface area contributed by atoms with Gasteiger partial charge in [-0.15, -0.1) is 0 Å². The molecule has 0 fully saturated rings. The number of nitrogens with zero attached hydrogens (tertiary/aromatic N) is 1. The Hall–Kier alpha value is -3.45. The first-order chi connectivity index (χ1) is 15.8. The van der Waals surface area contributed by atoms with E-state index in [2.05, 4.69) is 5.32 Å². The first-order valence-corrected chi connectivity index (χ1v) is 11.9. The lowest BCUT2D eigenvalue weighted by Gasteiger charge is -2.21. The molecule has 6 nitrogen and oxygen atoms in total. The van der Waals surface area contributed by atoms with Crippen molar-refractivity contribution in [3.63, 3.8) is 0 Å². The van der Waals surface area contributed by atoms with Crippen LogP contribution in [0.25, 0.3) is 0 Å². The maximum atomic E-state index is 13.3. The lowest BCUT2D eigenvalue weighted by Crippen LogP contribution is -2.31. The summed E-state index contributed by atoms with van der Waals surface area (Å²) >= 11 is 0. The largest absolute Gasteiger partial charge is 0.496 e. The minimum absolute atomic E-state index is 0.222. The average molecular weight is 463 g/mol. The number of amides is 2. The van der Waals surface area contributed by atoms with E-state index in [0.29, 0.717) is 39.7 Å². The molecule has 0 saturated heterocycles. The maximum absolute atomic E-state index is 13.3. The van der Waals surface area contributed by atoms with Crippen LogP contribution >= 0.6 is 0 Å². The van der Waals surface area contributed by atoms with Crippen molar-refractivity contribution in [1.29, 1.82) is 0 Å². The summed E-state index contributed by atoms with van der Waals surface area (Å²) in [6.07, 6.45) is 0. The highest BCUT2D eigenvalue weighted by Crippen LogP contribution is 2.35. The first-order valence-electron chi connectivity index (χ1n) is 10.7. The van der Waals surface area contributed by atoms with Gasteiger partial charge in [0.15, 0.2) is 0 Å². The number of nitrogens with one attached hydrogen (secondary N) is 1. The van der Waals surface area contributed by atoms with E-state index in [0.717, 1.165) is 22.4 Å². The van der Waals surface area contributed by atoms with Crippen molar-refractivity contribution in [3.05, 3.63) is 82.4 Å². The summed E-state index contributed by atoms with van der Waals surface area (Å²) in [5.41, 5.74) is 4.40. The number of aryl methyl sites for hydroxylation is 1. The molecule has 0 radical (unpaired) electrons. The summed E-state index contributed by atoms with van der Waals surface area (Å²) in [6, 6.07) is 15.9. The zero-order chi connectivity index (χ0) is 23.7. The van der Waals surface area contributed by atoms with Crippen LogP contribution in [0.15, 0.2) is 64.4 Å². The van der Waals surface area contributed by atoms with Gasteiger partial charge in [0.25, 0.3) is 11.8 Å². The summed E-state index contributed by atoms with van der Waals surface area (Å²) in [7, 11) is 0.106. The number of ether oxygens (including phenoxy) is 1. The van der Waals surface area contributed by atoms with Crippen LogP contribution in [0.1, 0.15) is 44.3 Å². The van der Waals surface area contributed by atoms with E-state index in [1.807, 2.05) is 32.9 Å². The van der Waals surface area contributed by atoms with E-state index < -0.39 is 10.8 Å². The quantitative estimate of drug-likeness (QED) is 0.610. The Labute approximate surface area is 196 Å².